The number of rotatable bonds is 3. The Kier molecular flexibility index (Phi) is 3.51. The molecule has 0 spiro atoms. The van der Waals surface area contributed by atoms with Crippen molar-refractivity contribution in [3.8, 4) is 0 Å². The van der Waals surface area contributed by atoms with Crippen molar-refractivity contribution in [2.24, 2.45) is 0 Å². The first-order valence-electron chi connectivity index (χ1n) is 4.51. The third-order valence-corrected chi connectivity index (χ3v) is 2.64. The van der Waals surface area contributed by atoms with Crippen LogP contribution in [0.15, 0.2) is 24.3 Å². The number of aliphatic hydroxyl groups excluding tert-OH is 1. The van der Waals surface area contributed by atoms with Crippen LogP contribution >= 0.6 is 11.6 Å². The molecule has 0 bridgehead atoms. The van der Waals surface area contributed by atoms with Gasteiger partial charge in [-0.15, -0.1) is 0 Å². The van der Waals surface area contributed by atoms with Gasteiger partial charge in [0.15, 0.2) is 0 Å². The van der Waals surface area contributed by atoms with Crippen LogP contribution in [0.2, 0.25) is 5.02 Å². The fourth-order valence-corrected chi connectivity index (χ4v) is 1.71. The summed E-state index contributed by atoms with van der Waals surface area (Å²) in [7, 11) is 0. The van der Waals surface area contributed by atoms with E-state index in [4.69, 9.17) is 16.7 Å². The lowest BCUT2D eigenvalue weighted by molar-refractivity contribution is 0.119. The molecule has 1 N–H and O–H groups in total. The summed E-state index contributed by atoms with van der Waals surface area (Å²) in [6.45, 7) is 2.64. The summed E-state index contributed by atoms with van der Waals surface area (Å²) in [5, 5.41) is 9.64. The molecule has 1 rings (SSSR count). The van der Waals surface area contributed by atoms with Crippen LogP contribution in [0.5, 0.6) is 0 Å². The summed E-state index contributed by atoms with van der Waals surface area (Å²) >= 11 is 5.93. The summed E-state index contributed by atoms with van der Waals surface area (Å²) in [4.78, 5) is 0. The summed E-state index contributed by atoms with van der Waals surface area (Å²) in [6, 6.07) is 7.01. The smallest absolute Gasteiger partial charge is 0.114 e. The highest BCUT2D eigenvalue weighted by Gasteiger charge is 2.31. The van der Waals surface area contributed by atoms with Gasteiger partial charge >= 0.3 is 0 Å². The number of halogens is 2. The topological polar surface area (TPSA) is 20.2 Å². The first kappa shape index (κ1) is 11.5. The highest BCUT2D eigenvalue weighted by molar-refractivity contribution is 6.31. The Hall–Kier alpha value is -0.600. The van der Waals surface area contributed by atoms with Gasteiger partial charge in [-0.05, 0) is 25.5 Å². The van der Waals surface area contributed by atoms with Gasteiger partial charge in [0.25, 0.3) is 0 Å². The normalized spacial score (nSPS) is 14.1. The molecule has 0 saturated heterocycles. The molecular weight excluding hydrogens is 203 g/mol. The summed E-state index contributed by atoms with van der Waals surface area (Å²) in [5.74, 6) is -0.573. The van der Waals surface area contributed by atoms with Gasteiger partial charge < -0.3 is 5.11 Å². The Labute approximate surface area is 88.5 Å². The van der Waals surface area contributed by atoms with Crippen molar-refractivity contribution < 1.29 is 9.50 Å². The molecule has 0 aliphatic carbocycles. The highest BCUT2D eigenvalue weighted by atomic mass is 35.5. The lowest BCUT2D eigenvalue weighted by Crippen LogP contribution is -2.27. The second-order valence-electron chi connectivity index (χ2n) is 3.82. The van der Waals surface area contributed by atoms with Crippen LogP contribution in [0, 0.1) is 0 Å². The summed E-state index contributed by atoms with van der Waals surface area (Å²) < 4.78 is 13.7. The van der Waals surface area contributed by atoms with Gasteiger partial charge in [0.2, 0.25) is 0 Å². The van der Waals surface area contributed by atoms with Crippen molar-refractivity contribution in [3.05, 3.63) is 34.9 Å². The van der Waals surface area contributed by atoms with E-state index in [0.717, 1.165) is 0 Å². The van der Waals surface area contributed by atoms with E-state index in [1.807, 2.05) is 0 Å². The van der Waals surface area contributed by atoms with Gasteiger partial charge in [-0.3, -0.25) is 0 Å². The van der Waals surface area contributed by atoms with Crippen LogP contribution < -0.4 is 0 Å². The van der Waals surface area contributed by atoms with Crippen molar-refractivity contribution in [1.82, 2.24) is 0 Å². The standard InChI is InChI=1S/C11H14ClFO/c1-11(2,13)9(7-14)8-5-3-4-6-10(8)12/h3-6,9,14H,7H2,1-2H3. The van der Waals surface area contributed by atoms with E-state index in [9.17, 15) is 4.39 Å². The van der Waals surface area contributed by atoms with Gasteiger partial charge in [0.1, 0.15) is 5.67 Å². The molecule has 78 valence electrons. The first-order valence-corrected chi connectivity index (χ1v) is 4.89. The van der Waals surface area contributed by atoms with Crippen LogP contribution in [-0.4, -0.2) is 17.4 Å². The molecule has 0 fully saturated rings. The van der Waals surface area contributed by atoms with Crippen LogP contribution in [0.4, 0.5) is 4.39 Å². The Morgan fingerprint density at radius 3 is 2.43 bits per heavy atom. The molecule has 1 unspecified atom stereocenters. The third kappa shape index (κ3) is 2.46. The predicted molar refractivity (Wildman–Crippen MR) is 56.5 cm³/mol. The largest absolute Gasteiger partial charge is 0.396 e. The van der Waals surface area contributed by atoms with Crippen LogP contribution in [-0.2, 0) is 0 Å². The fraction of sp³-hybridized carbons (Fsp3) is 0.455. The van der Waals surface area contributed by atoms with Gasteiger partial charge in [0.05, 0.1) is 6.61 Å². The first-order chi connectivity index (χ1) is 6.46. The lowest BCUT2D eigenvalue weighted by Gasteiger charge is -2.26. The number of alkyl halides is 1. The van der Waals surface area contributed by atoms with Gasteiger partial charge in [0, 0.05) is 10.9 Å². The highest BCUT2D eigenvalue weighted by Crippen LogP contribution is 2.34. The zero-order valence-corrected chi connectivity index (χ0v) is 9.05. The maximum Gasteiger partial charge on any atom is 0.114 e. The van der Waals surface area contributed by atoms with Gasteiger partial charge in [-0.2, -0.15) is 0 Å². The molecule has 0 aliphatic heterocycles. The van der Waals surface area contributed by atoms with E-state index in [2.05, 4.69) is 0 Å². The quantitative estimate of drug-likeness (QED) is 0.823. The molecule has 0 amide bonds. The average molecular weight is 217 g/mol. The van der Waals surface area contributed by atoms with Crippen molar-refractivity contribution in [3.63, 3.8) is 0 Å². The molecule has 3 heteroatoms. The monoisotopic (exact) mass is 216 g/mol. The summed E-state index contributed by atoms with van der Waals surface area (Å²) in [5.41, 5.74) is -0.816. The minimum absolute atomic E-state index is 0.243. The van der Waals surface area contributed by atoms with Crippen molar-refractivity contribution in [1.29, 1.82) is 0 Å². The van der Waals surface area contributed by atoms with E-state index in [1.165, 1.54) is 13.8 Å². The van der Waals surface area contributed by atoms with E-state index < -0.39 is 11.6 Å². The molecule has 0 radical (unpaired) electrons. The molecular formula is C11H14ClFO. The van der Waals surface area contributed by atoms with Crippen molar-refractivity contribution >= 4 is 11.6 Å². The molecule has 0 saturated carbocycles. The number of benzene rings is 1. The van der Waals surface area contributed by atoms with E-state index in [-0.39, 0.29) is 6.61 Å². The SMILES string of the molecule is CC(C)(F)C(CO)c1ccccc1Cl. The minimum Gasteiger partial charge on any atom is -0.396 e. The van der Waals surface area contributed by atoms with Gasteiger partial charge in [-0.25, -0.2) is 4.39 Å². The van der Waals surface area contributed by atoms with Crippen molar-refractivity contribution in [2.75, 3.05) is 6.61 Å². The van der Waals surface area contributed by atoms with E-state index >= 15 is 0 Å². The Morgan fingerprint density at radius 1 is 1.43 bits per heavy atom. The predicted octanol–water partition coefficient (Wildman–Crippen LogP) is 3.16. The summed E-state index contributed by atoms with van der Waals surface area (Å²) in [6.07, 6.45) is 0. The van der Waals surface area contributed by atoms with E-state index in [0.29, 0.717) is 10.6 Å². The Balaban J connectivity index is 3.08. The number of hydrogen-bond donors (Lipinski definition) is 1. The fourth-order valence-electron chi connectivity index (χ4n) is 1.44. The minimum atomic E-state index is -1.47. The zero-order valence-electron chi connectivity index (χ0n) is 8.30. The maximum absolute atomic E-state index is 13.7. The Bertz CT molecular complexity index is 306. The van der Waals surface area contributed by atoms with Gasteiger partial charge in [-0.1, -0.05) is 29.8 Å². The third-order valence-electron chi connectivity index (χ3n) is 2.29. The maximum atomic E-state index is 13.7. The molecule has 0 aromatic heterocycles. The molecule has 14 heavy (non-hydrogen) atoms. The molecule has 0 heterocycles. The van der Waals surface area contributed by atoms with E-state index in [1.54, 1.807) is 24.3 Å². The zero-order chi connectivity index (χ0) is 10.8. The second-order valence-corrected chi connectivity index (χ2v) is 4.23. The van der Waals surface area contributed by atoms with Crippen molar-refractivity contribution in [2.45, 2.75) is 25.4 Å². The number of aliphatic hydroxyl groups is 1. The van der Waals surface area contributed by atoms with Crippen LogP contribution in [0.25, 0.3) is 0 Å². The van der Waals surface area contributed by atoms with Crippen LogP contribution in [0.3, 0.4) is 0 Å². The lowest BCUT2D eigenvalue weighted by atomic mass is 9.87. The second kappa shape index (κ2) is 4.28. The molecule has 1 nitrogen and oxygen atoms in total. The number of hydrogen-bond acceptors (Lipinski definition) is 1. The molecule has 0 aliphatic rings. The Morgan fingerprint density at radius 2 is 2.00 bits per heavy atom. The molecule has 1 atom stereocenters. The average Bonchev–Trinajstić information content (AvgIpc) is 2.07. The molecule has 1 aromatic rings. The molecule has 1 aromatic carbocycles. The van der Waals surface area contributed by atoms with Crippen LogP contribution in [0.1, 0.15) is 25.3 Å².